The lowest BCUT2D eigenvalue weighted by Gasteiger charge is -2.39. The molecule has 2 rings (SSSR count). The number of rotatable bonds is 1. The molecule has 1 aliphatic rings. The van der Waals surface area contributed by atoms with Crippen LogP contribution in [0, 0.1) is 19.8 Å². The first-order valence-electron chi connectivity index (χ1n) is 6.37. The summed E-state index contributed by atoms with van der Waals surface area (Å²) in [5.41, 5.74) is 2.45. The number of halogens is 1. The van der Waals surface area contributed by atoms with Crippen molar-refractivity contribution in [2.45, 2.75) is 39.7 Å². The van der Waals surface area contributed by atoms with Crippen molar-refractivity contribution in [1.29, 1.82) is 0 Å². The summed E-state index contributed by atoms with van der Waals surface area (Å²) in [7, 11) is 1.40. The Hall–Kier alpha value is -1.03. The molecule has 0 fully saturated rings. The van der Waals surface area contributed by atoms with Crippen LogP contribution in [0.2, 0.25) is 0 Å². The van der Waals surface area contributed by atoms with Gasteiger partial charge in [-0.2, -0.15) is 0 Å². The first-order valence-corrected chi connectivity index (χ1v) is 7.16. The van der Waals surface area contributed by atoms with Gasteiger partial charge >= 0.3 is 5.97 Å². The van der Waals surface area contributed by atoms with Crippen molar-refractivity contribution >= 4 is 21.9 Å². The Morgan fingerprint density at radius 2 is 2.11 bits per heavy atom. The second-order valence-electron chi connectivity index (χ2n) is 5.40. The summed E-state index contributed by atoms with van der Waals surface area (Å²) in [6.07, 6.45) is 0.806. The van der Waals surface area contributed by atoms with E-state index in [1.54, 1.807) is 0 Å². The quantitative estimate of drug-likeness (QED) is 0.740. The monoisotopic (exact) mass is 326 g/mol. The molecule has 1 aromatic carbocycles. The average Bonchev–Trinajstić information content (AvgIpc) is 2.38. The van der Waals surface area contributed by atoms with Gasteiger partial charge in [-0.1, -0.05) is 22.9 Å². The lowest BCUT2D eigenvalue weighted by Crippen LogP contribution is -2.51. The Bertz CT molecular complexity index is 539. The molecule has 104 valence electrons. The van der Waals surface area contributed by atoms with E-state index in [1.807, 2.05) is 27.7 Å². The minimum absolute atomic E-state index is 0.0708. The molecule has 1 aliphatic heterocycles. The van der Waals surface area contributed by atoms with Crippen LogP contribution in [0.5, 0.6) is 5.75 Å². The molecule has 2 unspecified atom stereocenters. The summed E-state index contributed by atoms with van der Waals surface area (Å²) in [4.78, 5) is 12.0. The number of hydrogen-bond acceptors (Lipinski definition) is 3. The topological polar surface area (TPSA) is 35.5 Å². The van der Waals surface area contributed by atoms with Crippen molar-refractivity contribution in [1.82, 2.24) is 0 Å². The molecule has 1 heterocycles. The van der Waals surface area contributed by atoms with E-state index in [9.17, 15) is 4.79 Å². The normalized spacial score (nSPS) is 25.5. The zero-order chi connectivity index (χ0) is 14.4. The number of esters is 1. The van der Waals surface area contributed by atoms with Gasteiger partial charge in [-0.15, -0.1) is 0 Å². The van der Waals surface area contributed by atoms with Crippen LogP contribution < -0.4 is 4.74 Å². The zero-order valence-electron chi connectivity index (χ0n) is 12.0. The largest absolute Gasteiger partial charge is 0.475 e. The van der Waals surface area contributed by atoms with E-state index < -0.39 is 5.60 Å². The van der Waals surface area contributed by atoms with Crippen LogP contribution in [-0.4, -0.2) is 18.7 Å². The highest BCUT2D eigenvalue weighted by atomic mass is 79.9. The molecule has 0 N–H and O–H groups in total. The van der Waals surface area contributed by atoms with Crippen LogP contribution in [0.4, 0.5) is 0 Å². The molecule has 0 aliphatic carbocycles. The lowest BCUT2D eigenvalue weighted by molar-refractivity contribution is -0.163. The summed E-state index contributed by atoms with van der Waals surface area (Å²) in [6.45, 7) is 7.88. The first-order chi connectivity index (χ1) is 8.81. The summed E-state index contributed by atoms with van der Waals surface area (Å²) in [6, 6.07) is 2.09. The predicted molar refractivity (Wildman–Crippen MR) is 77.5 cm³/mol. The fourth-order valence-electron chi connectivity index (χ4n) is 2.49. The van der Waals surface area contributed by atoms with Crippen molar-refractivity contribution in [2.24, 2.45) is 5.92 Å². The molecule has 1 aromatic rings. The Balaban J connectivity index is 2.54. The van der Waals surface area contributed by atoms with Gasteiger partial charge in [0, 0.05) is 10.4 Å². The highest BCUT2D eigenvalue weighted by Crippen LogP contribution is 2.42. The van der Waals surface area contributed by atoms with E-state index in [0.717, 1.165) is 33.3 Å². The predicted octanol–water partition coefficient (Wildman–Crippen LogP) is 3.57. The van der Waals surface area contributed by atoms with Gasteiger partial charge in [0.15, 0.2) is 0 Å². The van der Waals surface area contributed by atoms with Crippen molar-refractivity contribution in [3.05, 3.63) is 27.2 Å². The van der Waals surface area contributed by atoms with Gasteiger partial charge in [0.25, 0.3) is 0 Å². The third kappa shape index (κ3) is 2.16. The molecule has 0 spiro atoms. The van der Waals surface area contributed by atoms with Crippen molar-refractivity contribution in [3.63, 3.8) is 0 Å². The number of carbonyl (C=O) groups excluding carboxylic acids is 1. The highest BCUT2D eigenvalue weighted by molar-refractivity contribution is 9.10. The maximum atomic E-state index is 12.0. The van der Waals surface area contributed by atoms with Crippen LogP contribution in [0.1, 0.15) is 30.5 Å². The molecule has 2 atom stereocenters. The molecule has 0 amide bonds. The van der Waals surface area contributed by atoms with Gasteiger partial charge in [0.05, 0.1) is 7.11 Å². The fourth-order valence-corrected chi connectivity index (χ4v) is 3.07. The smallest absolute Gasteiger partial charge is 0.350 e. The van der Waals surface area contributed by atoms with E-state index in [0.29, 0.717) is 0 Å². The number of carbonyl (C=O) groups is 1. The molecule has 19 heavy (non-hydrogen) atoms. The van der Waals surface area contributed by atoms with Crippen LogP contribution >= 0.6 is 15.9 Å². The number of fused-ring (bicyclic) bond motifs is 1. The third-order valence-electron chi connectivity index (χ3n) is 4.23. The molecule has 0 saturated carbocycles. The third-order valence-corrected chi connectivity index (χ3v) is 5.05. The minimum atomic E-state index is -0.910. The molecule has 0 bridgehead atoms. The van der Waals surface area contributed by atoms with E-state index in [4.69, 9.17) is 9.47 Å². The van der Waals surface area contributed by atoms with Crippen LogP contribution in [0.25, 0.3) is 0 Å². The highest BCUT2D eigenvalue weighted by Gasteiger charge is 2.46. The Morgan fingerprint density at radius 3 is 2.68 bits per heavy atom. The first kappa shape index (κ1) is 14.4. The van der Waals surface area contributed by atoms with Gasteiger partial charge in [0.1, 0.15) is 5.75 Å². The summed E-state index contributed by atoms with van der Waals surface area (Å²) >= 11 is 3.57. The van der Waals surface area contributed by atoms with Gasteiger partial charge in [-0.05, 0) is 49.9 Å². The second-order valence-corrected chi connectivity index (χ2v) is 6.26. The molecule has 3 nitrogen and oxygen atoms in total. The van der Waals surface area contributed by atoms with E-state index in [2.05, 4.69) is 22.0 Å². The summed E-state index contributed by atoms with van der Waals surface area (Å²) in [5.74, 6) is 0.582. The molecule has 0 saturated heterocycles. The Kier molecular flexibility index (Phi) is 3.65. The van der Waals surface area contributed by atoms with Gasteiger partial charge in [-0.3, -0.25) is 0 Å². The number of benzene rings is 1. The number of ether oxygens (including phenoxy) is 2. The maximum Gasteiger partial charge on any atom is 0.350 e. The summed E-state index contributed by atoms with van der Waals surface area (Å²) in [5, 5.41) is 0. The fraction of sp³-hybridized carbons (Fsp3) is 0.533. The van der Waals surface area contributed by atoms with Crippen molar-refractivity contribution in [3.8, 4) is 5.75 Å². The zero-order valence-corrected chi connectivity index (χ0v) is 13.6. The van der Waals surface area contributed by atoms with Crippen LogP contribution in [-0.2, 0) is 16.0 Å². The SMILES string of the molecule is COC(=O)C1(C)Oc2c(cc(Br)c(C)c2C)CC1C. The molecule has 4 heteroatoms. The Labute approximate surface area is 122 Å². The molecular formula is C15H19BrO3. The average molecular weight is 327 g/mol. The Morgan fingerprint density at radius 1 is 1.47 bits per heavy atom. The van der Waals surface area contributed by atoms with E-state index in [1.165, 1.54) is 7.11 Å². The van der Waals surface area contributed by atoms with E-state index >= 15 is 0 Å². The van der Waals surface area contributed by atoms with E-state index in [-0.39, 0.29) is 11.9 Å². The molecule has 0 aromatic heterocycles. The van der Waals surface area contributed by atoms with Crippen molar-refractivity contribution in [2.75, 3.05) is 7.11 Å². The van der Waals surface area contributed by atoms with Crippen molar-refractivity contribution < 1.29 is 14.3 Å². The minimum Gasteiger partial charge on any atom is -0.475 e. The lowest BCUT2D eigenvalue weighted by atomic mass is 9.81. The van der Waals surface area contributed by atoms with Gasteiger partial charge in [0.2, 0.25) is 5.60 Å². The van der Waals surface area contributed by atoms with Gasteiger partial charge < -0.3 is 9.47 Å². The standard InChI is InChI=1S/C15H19BrO3/c1-8-6-11-7-12(16)9(2)10(3)13(11)19-15(8,4)14(17)18-5/h7-8H,6H2,1-5H3. The summed E-state index contributed by atoms with van der Waals surface area (Å²) < 4.78 is 12.0. The number of hydrogen-bond donors (Lipinski definition) is 0. The molecule has 0 radical (unpaired) electrons. The number of methoxy groups -OCH3 is 1. The maximum absolute atomic E-state index is 12.0. The van der Waals surface area contributed by atoms with Crippen LogP contribution in [0.3, 0.4) is 0 Å². The van der Waals surface area contributed by atoms with Crippen LogP contribution in [0.15, 0.2) is 10.5 Å². The van der Waals surface area contributed by atoms with Gasteiger partial charge in [-0.25, -0.2) is 4.79 Å². The molecular weight excluding hydrogens is 308 g/mol. The second kappa shape index (κ2) is 4.82.